The average Bonchev–Trinajstić information content (AvgIpc) is 3.72. The van der Waals surface area contributed by atoms with Crippen molar-refractivity contribution in [3.05, 3.63) is 76.0 Å². The Morgan fingerprint density at radius 2 is 1.80 bits per heavy atom. The van der Waals surface area contributed by atoms with Crippen LogP contribution in [0.25, 0.3) is 10.4 Å². The molecule has 3 aliphatic rings. The first-order valence-corrected chi connectivity index (χ1v) is 24.3. The number of hydrogen-bond donors (Lipinski definition) is 5. The predicted molar refractivity (Wildman–Crippen MR) is 256 cm³/mol. The summed E-state index contributed by atoms with van der Waals surface area (Å²) in [5, 5.41) is 23.0. The van der Waals surface area contributed by atoms with Crippen molar-refractivity contribution in [2.45, 2.75) is 88.0 Å². The van der Waals surface area contributed by atoms with E-state index in [0.717, 1.165) is 34.7 Å². The van der Waals surface area contributed by atoms with Crippen LogP contribution in [0, 0.1) is 6.92 Å². The molecule has 0 bridgehead atoms. The van der Waals surface area contributed by atoms with E-state index in [1.54, 1.807) is 42.1 Å². The Bertz CT molecular complexity index is 2400. The maximum absolute atomic E-state index is 15.1. The number of amides is 4. The number of piperazine rings is 1. The highest BCUT2D eigenvalue weighted by Gasteiger charge is 2.54. The molecular weight excluding hydrogens is 907 g/mol. The van der Waals surface area contributed by atoms with Crippen LogP contribution in [-0.4, -0.2) is 146 Å². The van der Waals surface area contributed by atoms with Crippen LogP contribution in [0.15, 0.2) is 54.2 Å². The second-order valence-electron chi connectivity index (χ2n) is 17.5. The Balaban J connectivity index is 0.920. The van der Waals surface area contributed by atoms with Crippen LogP contribution in [-0.2, 0) is 14.4 Å². The first kappa shape index (κ1) is 48.8. The van der Waals surface area contributed by atoms with Crippen molar-refractivity contribution in [2.24, 2.45) is 0 Å². The van der Waals surface area contributed by atoms with Gasteiger partial charge in [0.25, 0.3) is 11.8 Å². The fourth-order valence-corrected chi connectivity index (χ4v) is 10.3. The Hall–Kier alpha value is -5.08. The summed E-state index contributed by atoms with van der Waals surface area (Å²) in [5.74, 6) is -0.0459. The lowest BCUT2D eigenvalue weighted by atomic mass is 10.00. The number of aliphatic hydroxyl groups is 1. The molecule has 354 valence electrons. The number of carbonyl (C=O) groups is 4. The van der Waals surface area contributed by atoms with Gasteiger partial charge in [0.05, 0.1) is 47.2 Å². The number of β-amino-alcohol motifs (C(OH)–C–C–N with tert-alkyl or cyclic N) is 1. The van der Waals surface area contributed by atoms with Gasteiger partial charge in [-0.2, -0.15) is 16.7 Å². The molecule has 1 aliphatic carbocycles. The van der Waals surface area contributed by atoms with Crippen molar-refractivity contribution in [1.82, 2.24) is 40.3 Å². The molecule has 4 heterocycles. The molecular formula is C46H58ClFN10O6S2. The molecule has 3 fully saturated rings. The van der Waals surface area contributed by atoms with Crippen molar-refractivity contribution in [2.75, 3.05) is 69.8 Å². The van der Waals surface area contributed by atoms with Gasteiger partial charge < -0.3 is 40.9 Å². The highest BCUT2D eigenvalue weighted by atomic mass is 35.5. The Kier molecular flexibility index (Phi) is 15.4. The van der Waals surface area contributed by atoms with E-state index >= 15 is 4.39 Å². The molecule has 7 rings (SSSR count). The number of nitrogens with one attached hydrogen (secondary N) is 4. The van der Waals surface area contributed by atoms with Crippen LogP contribution in [0.4, 0.5) is 21.8 Å². The summed E-state index contributed by atoms with van der Waals surface area (Å²) in [6.07, 6.45) is 1.49. The van der Waals surface area contributed by atoms with Crippen molar-refractivity contribution in [3.8, 4) is 16.2 Å². The number of aliphatic hydroxyl groups excluding tert-OH is 1. The average molecular weight is 966 g/mol. The third-order valence-electron chi connectivity index (χ3n) is 12.4. The molecule has 1 saturated carbocycles. The van der Waals surface area contributed by atoms with Crippen molar-refractivity contribution in [1.29, 1.82) is 0 Å². The number of hydrogen-bond acceptors (Lipinski definition) is 14. The van der Waals surface area contributed by atoms with E-state index in [4.69, 9.17) is 16.3 Å². The number of aryl methyl sites for hydroxylation is 1. The van der Waals surface area contributed by atoms with Crippen LogP contribution < -0.4 is 26.0 Å². The lowest BCUT2D eigenvalue weighted by molar-refractivity contribution is -0.143. The van der Waals surface area contributed by atoms with Gasteiger partial charge >= 0.3 is 0 Å². The Morgan fingerprint density at radius 3 is 2.45 bits per heavy atom. The first-order chi connectivity index (χ1) is 31.5. The smallest absolute Gasteiger partial charge is 0.258 e. The first-order valence-electron chi connectivity index (χ1n) is 22.1. The zero-order chi connectivity index (χ0) is 47.3. The lowest BCUT2D eigenvalue weighted by Gasteiger charge is -2.38. The lowest BCUT2D eigenvalue weighted by Crippen LogP contribution is -2.61. The van der Waals surface area contributed by atoms with Gasteiger partial charge in [0.1, 0.15) is 28.7 Å². The van der Waals surface area contributed by atoms with E-state index in [1.807, 2.05) is 56.9 Å². The molecule has 0 spiro atoms. The Morgan fingerprint density at radius 1 is 1.08 bits per heavy atom. The third kappa shape index (κ3) is 11.4. The molecule has 66 heavy (non-hydrogen) atoms. The fourth-order valence-electron chi connectivity index (χ4n) is 8.21. The van der Waals surface area contributed by atoms with Gasteiger partial charge in [0.2, 0.25) is 17.8 Å². The number of methoxy groups -OCH3 is 1. The topological polar surface area (TPSA) is 194 Å². The molecule has 0 radical (unpaired) electrons. The number of halogens is 2. The summed E-state index contributed by atoms with van der Waals surface area (Å²) in [6.45, 7) is 10.6. The molecule has 0 unspecified atom stereocenters. The molecule has 2 saturated heterocycles. The van der Waals surface area contributed by atoms with Crippen LogP contribution in [0.3, 0.4) is 0 Å². The second-order valence-corrected chi connectivity index (χ2v) is 20.5. The maximum atomic E-state index is 15.1. The predicted octanol–water partition coefficient (Wildman–Crippen LogP) is 5.84. The van der Waals surface area contributed by atoms with Gasteiger partial charge in [-0.3, -0.25) is 24.1 Å². The number of rotatable bonds is 18. The van der Waals surface area contributed by atoms with E-state index in [0.29, 0.717) is 65.7 Å². The number of aromatic nitrogens is 3. The SMILES string of the molecule is CNc1nc(Nc2ccc(C(=O)N3CCN(CCCSC(C)(C)[C@H](NC(=O)C4(F)CC4)C(=O)N4C[C@H](O)C[C@H]4C(=O)N[C@@H](C)c4ccc(-c5scnc5C)cc4)CC3)cc2OC)ncc1Cl. The molecule has 2 aromatic heterocycles. The number of likely N-dealkylation sites (tertiary alicyclic amines) is 1. The summed E-state index contributed by atoms with van der Waals surface area (Å²) in [7, 11) is 3.24. The van der Waals surface area contributed by atoms with E-state index in [2.05, 4.69) is 41.1 Å². The summed E-state index contributed by atoms with van der Waals surface area (Å²) in [4.78, 5) is 74.6. The van der Waals surface area contributed by atoms with Crippen LogP contribution >= 0.6 is 34.7 Å². The standard InChI is InChI=1S/C46H58ClFN10O6S2/c1-27(29-8-10-30(11-9-29)37-28(2)51-26-65-37)52-40(60)35-23-32(59)25-58(35)42(62)38(54-43(63)46(48)14-15-46)45(3,4)66-21-7-16-56-17-19-57(20-18-56)41(61)31-12-13-34(36(22-31)64-6)53-44-50-24-33(47)39(49-5)55-44/h8-13,22,24,26-27,32,35,38,59H,7,14-21,23,25H2,1-6H3,(H,52,60)(H,54,63)(H2,49,50,53,55)/t27-,32+,35-,38+/m0/s1. The molecule has 20 heteroatoms. The summed E-state index contributed by atoms with van der Waals surface area (Å²) >= 11 is 9.17. The minimum Gasteiger partial charge on any atom is -0.495 e. The monoisotopic (exact) mass is 964 g/mol. The fraction of sp³-hybridized carbons (Fsp3) is 0.500. The molecule has 4 atom stereocenters. The summed E-state index contributed by atoms with van der Waals surface area (Å²) in [6, 6.07) is 10.5. The third-order valence-corrected chi connectivity index (χ3v) is 15.1. The quantitative estimate of drug-likeness (QED) is 0.0748. The van der Waals surface area contributed by atoms with Crippen molar-refractivity contribution < 1.29 is 33.4 Å². The van der Waals surface area contributed by atoms with Gasteiger partial charge in [-0.25, -0.2) is 14.4 Å². The number of thiazole rings is 1. The number of benzene rings is 2. The zero-order valence-electron chi connectivity index (χ0n) is 38.0. The maximum Gasteiger partial charge on any atom is 0.258 e. The van der Waals surface area contributed by atoms with Crippen molar-refractivity contribution >= 4 is 75.8 Å². The number of thioether (sulfide) groups is 1. The van der Waals surface area contributed by atoms with Gasteiger partial charge in [-0.15, -0.1) is 11.3 Å². The Labute approximate surface area is 397 Å². The number of nitrogens with zero attached hydrogens (tertiary/aromatic N) is 6. The number of anilines is 3. The molecule has 2 aromatic carbocycles. The summed E-state index contributed by atoms with van der Waals surface area (Å²) in [5.41, 5.74) is 3.70. The second kappa shape index (κ2) is 20.8. The molecule has 4 amide bonds. The number of carbonyl (C=O) groups excluding carboxylic acids is 4. The van der Waals surface area contributed by atoms with E-state index in [-0.39, 0.29) is 31.7 Å². The van der Waals surface area contributed by atoms with E-state index in [9.17, 15) is 24.3 Å². The number of alkyl halides is 1. The van der Waals surface area contributed by atoms with Gasteiger partial charge in [0, 0.05) is 56.5 Å². The zero-order valence-corrected chi connectivity index (χ0v) is 40.4. The molecule has 2 aliphatic heterocycles. The van der Waals surface area contributed by atoms with Gasteiger partial charge in [-0.05, 0) is 88.6 Å². The number of ether oxygens (including phenoxy) is 1. The minimum absolute atomic E-state index is 0.0328. The van der Waals surface area contributed by atoms with E-state index < -0.39 is 52.4 Å². The van der Waals surface area contributed by atoms with E-state index in [1.165, 1.54) is 30.0 Å². The van der Waals surface area contributed by atoms with Crippen LogP contribution in [0.5, 0.6) is 5.75 Å². The largest absolute Gasteiger partial charge is 0.495 e. The molecule has 5 N–H and O–H groups in total. The van der Waals surface area contributed by atoms with Gasteiger partial charge in [0.15, 0.2) is 5.67 Å². The summed E-state index contributed by atoms with van der Waals surface area (Å²) < 4.78 is 19.8. The van der Waals surface area contributed by atoms with Crippen LogP contribution in [0.1, 0.15) is 74.1 Å². The normalized spacial score (nSPS) is 19.2. The molecule has 16 nitrogen and oxygen atoms in total. The van der Waals surface area contributed by atoms with Crippen molar-refractivity contribution in [3.63, 3.8) is 0 Å². The highest BCUT2D eigenvalue weighted by Crippen LogP contribution is 2.41. The minimum atomic E-state index is -2.02. The highest BCUT2D eigenvalue weighted by molar-refractivity contribution is 8.00. The molecule has 4 aromatic rings. The van der Waals surface area contributed by atoms with Gasteiger partial charge in [-0.1, -0.05) is 35.9 Å². The van der Waals surface area contributed by atoms with Crippen LogP contribution in [0.2, 0.25) is 5.02 Å².